The summed E-state index contributed by atoms with van der Waals surface area (Å²) in [6, 6.07) is 0. The highest BCUT2D eigenvalue weighted by Crippen LogP contribution is 2.00. The fourth-order valence-electron chi connectivity index (χ4n) is 1.23. The summed E-state index contributed by atoms with van der Waals surface area (Å²) in [5.74, 6) is -2.09. The second-order valence-electron chi connectivity index (χ2n) is 3.78. The minimum atomic E-state index is -3.85. The number of aromatic carboxylic acids is 1. The van der Waals surface area contributed by atoms with E-state index in [9.17, 15) is 18.0 Å². The maximum absolute atomic E-state index is 11.7. The summed E-state index contributed by atoms with van der Waals surface area (Å²) in [4.78, 5) is 21.7. The normalized spacial score (nSPS) is 12.9. The van der Waals surface area contributed by atoms with Crippen molar-refractivity contribution in [3.8, 4) is 0 Å². The molecule has 0 amide bonds. The first kappa shape index (κ1) is 16.0. The van der Waals surface area contributed by atoms with Gasteiger partial charge in [-0.15, -0.1) is 5.10 Å². The number of carboxylic acid groups (broad SMARTS) is 1. The van der Waals surface area contributed by atoms with Crippen molar-refractivity contribution < 1.29 is 27.9 Å². The van der Waals surface area contributed by atoms with Crippen molar-refractivity contribution in [1.29, 1.82) is 0 Å². The smallest absolute Gasteiger partial charge is 0.358 e. The van der Waals surface area contributed by atoms with Crippen LogP contribution in [0.25, 0.3) is 0 Å². The highest BCUT2D eigenvalue weighted by Gasteiger charge is 2.28. The molecule has 0 bridgehead atoms. The van der Waals surface area contributed by atoms with Crippen LogP contribution in [-0.4, -0.2) is 59.4 Å². The molecule has 0 saturated carbocycles. The van der Waals surface area contributed by atoms with Crippen LogP contribution in [0.3, 0.4) is 0 Å². The number of hydrogen-bond donors (Lipinski definition) is 2. The Morgan fingerprint density at radius 2 is 2.20 bits per heavy atom. The number of aromatic nitrogens is 3. The number of hydrogen-bond acceptors (Lipinski definition) is 7. The highest BCUT2D eigenvalue weighted by atomic mass is 32.2. The van der Waals surface area contributed by atoms with Gasteiger partial charge in [0.05, 0.1) is 19.9 Å². The third-order valence-corrected chi connectivity index (χ3v) is 4.13. The average Bonchev–Trinajstić information content (AvgIpc) is 2.85. The van der Waals surface area contributed by atoms with Crippen LogP contribution < -0.4 is 4.72 Å². The van der Waals surface area contributed by atoms with Crippen LogP contribution in [0.5, 0.6) is 0 Å². The van der Waals surface area contributed by atoms with Gasteiger partial charge in [-0.25, -0.2) is 17.9 Å². The van der Waals surface area contributed by atoms with Crippen molar-refractivity contribution in [2.24, 2.45) is 0 Å². The third kappa shape index (κ3) is 3.99. The lowest BCUT2D eigenvalue weighted by atomic mass is 10.5. The minimum absolute atomic E-state index is 0.0634. The van der Waals surface area contributed by atoms with E-state index in [0.29, 0.717) is 0 Å². The molecule has 0 radical (unpaired) electrons. The number of methoxy groups -OCH3 is 1. The Balaban J connectivity index is 2.54. The fraction of sp³-hybridized carbons (Fsp3) is 0.556. The first-order valence-electron chi connectivity index (χ1n) is 5.47. The van der Waals surface area contributed by atoms with E-state index in [1.807, 2.05) is 0 Å². The predicted octanol–water partition coefficient (Wildman–Crippen LogP) is -1.54. The molecule has 1 heterocycles. The molecule has 1 aromatic rings. The lowest BCUT2D eigenvalue weighted by Crippen LogP contribution is -2.39. The molecule has 20 heavy (non-hydrogen) atoms. The molecule has 0 spiro atoms. The van der Waals surface area contributed by atoms with Crippen molar-refractivity contribution >= 4 is 22.0 Å². The molecule has 1 atom stereocenters. The number of ether oxygens (including phenoxy) is 1. The third-order valence-electron chi connectivity index (χ3n) is 2.40. The van der Waals surface area contributed by atoms with Gasteiger partial charge in [-0.1, -0.05) is 5.21 Å². The van der Waals surface area contributed by atoms with Crippen LogP contribution in [-0.2, 0) is 26.1 Å². The summed E-state index contributed by atoms with van der Waals surface area (Å²) >= 11 is 0. The van der Waals surface area contributed by atoms with Gasteiger partial charge in [-0.2, -0.15) is 0 Å². The fourth-order valence-corrected chi connectivity index (χ4v) is 2.20. The van der Waals surface area contributed by atoms with E-state index in [4.69, 9.17) is 5.11 Å². The Bertz CT molecular complexity index is 595. The van der Waals surface area contributed by atoms with E-state index in [0.717, 1.165) is 7.11 Å². The van der Waals surface area contributed by atoms with Crippen LogP contribution in [0.2, 0.25) is 0 Å². The van der Waals surface area contributed by atoms with Crippen molar-refractivity contribution in [1.82, 2.24) is 19.7 Å². The molecule has 0 aliphatic heterocycles. The van der Waals surface area contributed by atoms with Gasteiger partial charge >= 0.3 is 11.9 Å². The average molecular weight is 306 g/mol. The van der Waals surface area contributed by atoms with Crippen molar-refractivity contribution in [3.63, 3.8) is 0 Å². The molecular formula is C9H14N4O6S. The molecule has 1 aromatic heterocycles. The Labute approximate surface area is 114 Å². The number of sulfonamides is 1. The molecule has 2 N–H and O–H groups in total. The molecule has 0 aromatic carbocycles. The van der Waals surface area contributed by atoms with Crippen molar-refractivity contribution in [2.45, 2.75) is 18.7 Å². The van der Waals surface area contributed by atoms with E-state index in [-0.39, 0.29) is 18.8 Å². The number of carboxylic acids is 1. The van der Waals surface area contributed by atoms with Gasteiger partial charge in [0.25, 0.3) is 0 Å². The van der Waals surface area contributed by atoms with Gasteiger partial charge in [0.2, 0.25) is 10.0 Å². The Morgan fingerprint density at radius 3 is 2.70 bits per heavy atom. The maximum Gasteiger partial charge on any atom is 0.358 e. The molecule has 0 aliphatic rings. The highest BCUT2D eigenvalue weighted by molar-refractivity contribution is 7.90. The van der Waals surface area contributed by atoms with Gasteiger partial charge in [-0.05, 0) is 6.92 Å². The summed E-state index contributed by atoms with van der Waals surface area (Å²) in [6.07, 6.45) is 1.17. The number of nitrogens with zero attached hydrogens (tertiary/aromatic N) is 3. The SMILES string of the molecule is COC(=O)C(C)S(=O)(=O)NCCn1cc(C(=O)O)nn1. The Hall–Kier alpha value is -2.01. The van der Waals surface area contributed by atoms with Crippen molar-refractivity contribution in [2.75, 3.05) is 13.7 Å². The van der Waals surface area contributed by atoms with E-state index in [1.54, 1.807) is 0 Å². The van der Waals surface area contributed by atoms with Gasteiger partial charge < -0.3 is 9.84 Å². The molecule has 11 heteroatoms. The number of esters is 1. The van der Waals surface area contributed by atoms with Gasteiger partial charge in [0.15, 0.2) is 10.9 Å². The predicted molar refractivity (Wildman–Crippen MR) is 65.4 cm³/mol. The zero-order valence-corrected chi connectivity index (χ0v) is 11.6. The van der Waals surface area contributed by atoms with E-state index >= 15 is 0 Å². The van der Waals surface area contributed by atoms with Crippen LogP contribution in [0.1, 0.15) is 17.4 Å². The zero-order chi connectivity index (χ0) is 15.3. The Morgan fingerprint density at radius 1 is 1.55 bits per heavy atom. The van der Waals surface area contributed by atoms with E-state index in [2.05, 4.69) is 19.8 Å². The number of carbonyl (C=O) groups excluding carboxylic acids is 1. The Kier molecular flexibility index (Phi) is 5.16. The van der Waals surface area contributed by atoms with Crippen LogP contribution >= 0.6 is 0 Å². The molecule has 0 fully saturated rings. The van der Waals surface area contributed by atoms with Crippen LogP contribution in [0.4, 0.5) is 0 Å². The molecule has 10 nitrogen and oxygen atoms in total. The molecule has 112 valence electrons. The van der Waals surface area contributed by atoms with Crippen molar-refractivity contribution in [3.05, 3.63) is 11.9 Å². The van der Waals surface area contributed by atoms with Crippen LogP contribution in [0, 0.1) is 0 Å². The van der Waals surface area contributed by atoms with Gasteiger partial charge in [0.1, 0.15) is 0 Å². The van der Waals surface area contributed by atoms with Gasteiger partial charge in [0, 0.05) is 6.54 Å². The minimum Gasteiger partial charge on any atom is -0.476 e. The quantitative estimate of drug-likeness (QED) is 0.577. The molecule has 0 aliphatic carbocycles. The van der Waals surface area contributed by atoms with E-state index < -0.39 is 27.2 Å². The maximum atomic E-state index is 11.7. The largest absolute Gasteiger partial charge is 0.476 e. The summed E-state index contributed by atoms with van der Waals surface area (Å²) in [5.41, 5.74) is -0.240. The lowest BCUT2D eigenvalue weighted by molar-refractivity contribution is -0.139. The van der Waals surface area contributed by atoms with E-state index in [1.165, 1.54) is 17.8 Å². The summed E-state index contributed by atoms with van der Waals surface area (Å²) in [7, 11) is -2.76. The number of carbonyl (C=O) groups is 2. The topological polar surface area (TPSA) is 140 Å². The summed E-state index contributed by atoms with van der Waals surface area (Å²) in [6.45, 7) is 1.21. The van der Waals surface area contributed by atoms with Gasteiger partial charge in [-0.3, -0.25) is 9.48 Å². The van der Waals surface area contributed by atoms with Crippen LogP contribution in [0.15, 0.2) is 6.20 Å². The lowest BCUT2D eigenvalue weighted by Gasteiger charge is -2.11. The standard InChI is InChI=1S/C9H14N4O6S/c1-6(9(16)19-2)20(17,18)10-3-4-13-5-7(8(14)15)11-12-13/h5-6,10H,3-4H2,1-2H3,(H,14,15). The summed E-state index contributed by atoms with van der Waals surface area (Å²) in [5, 5.41) is 14.2. The first-order valence-corrected chi connectivity index (χ1v) is 7.02. The molecule has 0 saturated heterocycles. The molecule has 1 unspecified atom stereocenters. The number of rotatable bonds is 7. The first-order chi connectivity index (χ1) is 9.27. The molecule has 1 rings (SSSR count). The number of nitrogens with one attached hydrogen (secondary N) is 1. The monoisotopic (exact) mass is 306 g/mol. The second-order valence-corrected chi connectivity index (χ2v) is 5.86. The second kappa shape index (κ2) is 6.43. The molecular weight excluding hydrogens is 292 g/mol. The summed E-state index contributed by atoms with van der Waals surface area (Å²) < 4.78 is 31.1. The zero-order valence-electron chi connectivity index (χ0n) is 10.8.